The number of esters is 1. The maximum atomic E-state index is 13.4. The second-order valence-electron chi connectivity index (χ2n) is 10.7. The lowest BCUT2D eigenvalue weighted by molar-refractivity contribution is -0.252. The number of carboxylic acid groups (broad SMARTS) is 2. The van der Waals surface area contributed by atoms with Crippen LogP contribution in [0.2, 0.25) is 0 Å². The number of fused-ring (bicyclic) bond motifs is 1. The Balaban J connectivity index is 1.98. The van der Waals surface area contributed by atoms with Crippen molar-refractivity contribution in [2.45, 2.75) is 32.5 Å². The number of aryl methyl sites for hydroxylation is 2. The van der Waals surface area contributed by atoms with Gasteiger partial charge < -0.3 is 34.9 Å². The van der Waals surface area contributed by atoms with Crippen molar-refractivity contribution in [3.05, 3.63) is 118 Å². The van der Waals surface area contributed by atoms with Gasteiger partial charge in [0.15, 0.2) is 5.60 Å². The van der Waals surface area contributed by atoms with Crippen LogP contribution in [0.1, 0.15) is 49.3 Å². The van der Waals surface area contributed by atoms with Gasteiger partial charge in [-0.15, -0.1) is 0 Å². The van der Waals surface area contributed by atoms with Gasteiger partial charge in [0.2, 0.25) is 11.8 Å². The predicted octanol–water partition coefficient (Wildman–Crippen LogP) is 3.87. The first-order chi connectivity index (χ1) is 21.7. The molecule has 0 saturated heterocycles. The maximum Gasteiger partial charge on any atom is 0.340 e. The molecule has 6 N–H and O–H groups in total. The van der Waals surface area contributed by atoms with Crippen LogP contribution in [0, 0.1) is 13.8 Å². The zero-order valence-electron chi connectivity index (χ0n) is 24.9. The van der Waals surface area contributed by atoms with Crippen LogP contribution in [0.4, 0.5) is 0 Å². The number of rotatable bonds is 14. The summed E-state index contributed by atoms with van der Waals surface area (Å²) in [6.45, 7) is 8.42. The van der Waals surface area contributed by atoms with Crippen molar-refractivity contribution in [1.82, 2.24) is 9.80 Å². The van der Waals surface area contributed by atoms with E-state index in [1.54, 1.807) is 50.2 Å². The highest BCUT2D eigenvalue weighted by Crippen LogP contribution is 2.49. The number of carbonyl (C=O) groups excluding carboxylic acids is 1. The minimum absolute atomic E-state index is 0.173. The highest BCUT2D eigenvalue weighted by molar-refractivity contribution is 5.96. The molecule has 242 valence electrons. The van der Waals surface area contributed by atoms with Gasteiger partial charge in [-0.2, -0.15) is 0 Å². The third-order valence-electron chi connectivity index (χ3n) is 7.60. The Bertz CT molecular complexity index is 1700. The van der Waals surface area contributed by atoms with E-state index in [2.05, 4.69) is 22.9 Å². The Morgan fingerprint density at radius 3 is 1.78 bits per heavy atom. The first kappa shape index (κ1) is 33.3. The molecular formula is C32H32N2O12. The van der Waals surface area contributed by atoms with E-state index in [9.17, 15) is 45.3 Å². The third-order valence-corrected chi connectivity index (χ3v) is 7.60. The van der Waals surface area contributed by atoms with Crippen LogP contribution < -0.4 is 0 Å². The van der Waals surface area contributed by atoms with E-state index in [1.165, 1.54) is 12.1 Å². The standard InChI is InChI=1S/C32H32N2O12/c1-17-9-23(11-21(29(17)39)13-33(15-27(35)36)16-28(37)38)32(26-8-6-5-7-25(26)31(41)44-32)24-10-18(2)30(40)22(12-24)14-34(19(3)45-42)20(4)46-43/h5-12,39-40,42-43H,3-4,13-16H2,1-2H3,(H,35,36)(H,37,38)/t32-/m1/s1. The lowest BCUT2D eigenvalue weighted by atomic mass is 9.77. The van der Waals surface area contributed by atoms with Crippen molar-refractivity contribution in [2.24, 2.45) is 0 Å². The second kappa shape index (κ2) is 13.2. The van der Waals surface area contributed by atoms with Crippen molar-refractivity contribution < 1.29 is 59.8 Å². The van der Waals surface area contributed by atoms with Crippen molar-refractivity contribution in [3.8, 4) is 11.5 Å². The zero-order valence-corrected chi connectivity index (χ0v) is 24.9. The van der Waals surface area contributed by atoms with Crippen molar-refractivity contribution in [3.63, 3.8) is 0 Å². The van der Waals surface area contributed by atoms with Crippen LogP contribution in [0.15, 0.2) is 73.5 Å². The molecule has 14 heteroatoms. The summed E-state index contributed by atoms with van der Waals surface area (Å²) >= 11 is 0. The van der Waals surface area contributed by atoms with Crippen molar-refractivity contribution >= 4 is 17.9 Å². The fraction of sp³-hybridized carbons (Fsp3) is 0.219. The van der Waals surface area contributed by atoms with E-state index in [1.807, 2.05) is 0 Å². The van der Waals surface area contributed by atoms with E-state index >= 15 is 0 Å². The van der Waals surface area contributed by atoms with Crippen LogP contribution in [-0.2, 0) is 42.8 Å². The van der Waals surface area contributed by atoms with Crippen LogP contribution >= 0.6 is 0 Å². The molecule has 1 heterocycles. The Labute approximate surface area is 262 Å². The first-order valence-corrected chi connectivity index (χ1v) is 13.7. The molecule has 1 aliphatic heterocycles. The van der Waals surface area contributed by atoms with Gasteiger partial charge in [-0.05, 0) is 68.5 Å². The molecule has 0 bridgehead atoms. The number of benzene rings is 3. The first-order valence-electron chi connectivity index (χ1n) is 13.7. The van der Waals surface area contributed by atoms with Crippen LogP contribution in [0.3, 0.4) is 0 Å². The van der Waals surface area contributed by atoms with Gasteiger partial charge >= 0.3 is 17.9 Å². The minimum atomic E-state index is -1.68. The molecule has 1 atom stereocenters. The largest absolute Gasteiger partial charge is 0.507 e. The number of nitrogens with zero attached hydrogens (tertiary/aromatic N) is 2. The molecule has 4 rings (SSSR count). The lowest BCUT2D eigenvalue weighted by Gasteiger charge is -2.33. The minimum Gasteiger partial charge on any atom is -0.507 e. The highest BCUT2D eigenvalue weighted by atomic mass is 17.1. The summed E-state index contributed by atoms with van der Waals surface area (Å²) in [6.07, 6.45) is 0. The van der Waals surface area contributed by atoms with Gasteiger partial charge in [0.1, 0.15) is 11.5 Å². The maximum absolute atomic E-state index is 13.4. The molecular weight excluding hydrogens is 604 g/mol. The Hall–Kier alpha value is -5.57. The van der Waals surface area contributed by atoms with Crippen LogP contribution in [-0.4, -0.2) is 71.7 Å². The summed E-state index contributed by atoms with van der Waals surface area (Å²) in [5.74, 6) is -4.42. The van der Waals surface area contributed by atoms with Crippen LogP contribution in [0.25, 0.3) is 0 Å². The average molecular weight is 637 g/mol. The second-order valence-corrected chi connectivity index (χ2v) is 10.7. The number of ether oxygens (including phenoxy) is 1. The third kappa shape index (κ3) is 6.30. The summed E-state index contributed by atoms with van der Waals surface area (Å²) in [7, 11) is 0. The van der Waals surface area contributed by atoms with Crippen molar-refractivity contribution in [2.75, 3.05) is 13.1 Å². The monoisotopic (exact) mass is 636 g/mol. The normalized spacial score (nSPS) is 15.2. The molecule has 0 radical (unpaired) electrons. The summed E-state index contributed by atoms with van der Waals surface area (Å²) in [4.78, 5) is 46.9. The quantitative estimate of drug-likeness (QED) is 0.0643. The molecule has 0 fully saturated rings. The molecule has 3 aromatic carbocycles. The summed E-state index contributed by atoms with van der Waals surface area (Å²) in [6, 6.07) is 12.8. The molecule has 0 amide bonds. The molecule has 0 aliphatic carbocycles. The van der Waals surface area contributed by atoms with Gasteiger partial charge in [-0.3, -0.25) is 19.4 Å². The molecule has 0 saturated carbocycles. The molecule has 46 heavy (non-hydrogen) atoms. The van der Waals surface area contributed by atoms with Gasteiger partial charge in [-0.25, -0.2) is 15.3 Å². The molecule has 0 unspecified atom stereocenters. The summed E-state index contributed by atoms with van der Waals surface area (Å²) in [5.41, 5.74) is 0.665. The number of phenols is 2. The van der Waals surface area contributed by atoms with E-state index in [4.69, 9.17) is 4.74 Å². The number of hydrogen-bond acceptors (Lipinski definition) is 12. The molecule has 0 aromatic heterocycles. The number of phenolic OH excluding ortho intramolecular Hbond substituents is 2. The molecule has 0 spiro atoms. The molecule has 3 aromatic rings. The fourth-order valence-electron chi connectivity index (χ4n) is 5.54. The smallest absolute Gasteiger partial charge is 0.340 e. The average Bonchev–Trinajstić information content (AvgIpc) is 3.31. The van der Waals surface area contributed by atoms with Gasteiger partial charge in [0.05, 0.1) is 25.2 Å². The van der Waals surface area contributed by atoms with E-state index in [0.717, 1.165) is 9.80 Å². The Kier molecular flexibility index (Phi) is 9.56. The van der Waals surface area contributed by atoms with Crippen molar-refractivity contribution in [1.29, 1.82) is 0 Å². The SMILES string of the molecule is C=C(OO)N(Cc1cc([C@@]2(c3cc(C)c(O)c(CN(CC(=O)O)CC(=O)O)c3)OC(=O)c3ccccc32)cc(C)c1O)C(=C)OO. The predicted molar refractivity (Wildman–Crippen MR) is 159 cm³/mol. The fourth-order valence-corrected chi connectivity index (χ4v) is 5.54. The number of hydrogen-bond donors (Lipinski definition) is 6. The topological polar surface area (TPSA) is 207 Å². The van der Waals surface area contributed by atoms with E-state index in [-0.39, 0.29) is 41.3 Å². The Morgan fingerprint density at radius 1 is 0.826 bits per heavy atom. The number of carboxylic acids is 2. The molecule has 14 nitrogen and oxygen atoms in total. The molecule has 1 aliphatic rings. The summed E-state index contributed by atoms with van der Waals surface area (Å²) < 4.78 is 6.19. The lowest BCUT2D eigenvalue weighted by Crippen LogP contribution is -2.34. The number of aliphatic carboxylic acids is 2. The van der Waals surface area contributed by atoms with Gasteiger partial charge in [0.25, 0.3) is 0 Å². The zero-order chi connectivity index (χ0) is 33.9. The highest BCUT2D eigenvalue weighted by Gasteiger charge is 2.49. The Morgan fingerprint density at radius 2 is 1.30 bits per heavy atom. The van der Waals surface area contributed by atoms with Crippen LogP contribution in [0.5, 0.6) is 11.5 Å². The van der Waals surface area contributed by atoms with Gasteiger partial charge in [0, 0.05) is 34.4 Å². The van der Waals surface area contributed by atoms with E-state index in [0.29, 0.717) is 27.8 Å². The number of cyclic esters (lactones) is 1. The van der Waals surface area contributed by atoms with Gasteiger partial charge in [-0.1, -0.05) is 18.2 Å². The number of carbonyl (C=O) groups is 3. The van der Waals surface area contributed by atoms with E-state index < -0.39 is 48.4 Å². The summed E-state index contributed by atoms with van der Waals surface area (Å²) in [5, 5.41) is 59.2. The number of aromatic hydroxyl groups is 2.